The Bertz CT molecular complexity index is 181. The fraction of sp³-hybridized carbons (Fsp3) is 0.875. The van der Waals surface area contributed by atoms with Gasteiger partial charge in [-0.05, 0) is 25.5 Å². The van der Waals surface area contributed by atoms with Crippen molar-refractivity contribution in [1.82, 2.24) is 0 Å². The quantitative estimate of drug-likeness (QED) is 0.560. The molecule has 0 aromatic heterocycles. The third kappa shape index (κ3) is 1.15. The Morgan fingerprint density at radius 2 is 2.36 bits per heavy atom. The molecule has 62 valence electrons. The lowest BCUT2D eigenvalue weighted by Crippen LogP contribution is -2.25. The second-order valence-corrected chi connectivity index (χ2v) is 4.34. The first kappa shape index (κ1) is 7.47. The van der Waals surface area contributed by atoms with Gasteiger partial charge in [-0.2, -0.15) is 11.8 Å². The molecule has 3 atom stereocenters. The van der Waals surface area contributed by atoms with Crippen molar-refractivity contribution in [1.29, 1.82) is 0 Å². The average molecular weight is 172 g/mol. The summed E-state index contributed by atoms with van der Waals surface area (Å²) in [7, 11) is 0. The van der Waals surface area contributed by atoms with Gasteiger partial charge in [0.2, 0.25) is 0 Å². The molecule has 3 heteroatoms. The summed E-state index contributed by atoms with van der Waals surface area (Å²) in [5.74, 6) is 0.287. The van der Waals surface area contributed by atoms with Gasteiger partial charge in [-0.3, -0.25) is 4.79 Å². The Labute approximate surface area is 70.7 Å². The summed E-state index contributed by atoms with van der Waals surface area (Å²) in [6, 6.07) is 0. The van der Waals surface area contributed by atoms with Gasteiger partial charge in [0.1, 0.15) is 6.10 Å². The molecule has 1 aliphatic carbocycles. The average Bonchev–Trinajstić information content (AvgIpc) is 2.30. The van der Waals surface area contributed by atoms with Crippen LogP contribution in [0.3, 0.4) is 0 Å². The Balaban J connectivity index is 2.08. The molecule has 1 aliphatic heterocycles. The molecule has 2 nitrogen and oxygen atoms in total. The summed E-state index contributed by atoms with van der Waals surface area (Å²) in [5.41, 5.74) is 0. The van der Waals surface area contributed by atoms with Gasteiger partial charge in [-0.25, -0.2) is 0 Å². The number of esters is 1. The van der Waals surface area contributed by atoms with Crippen molar-refractivity contribution in [2.24, 2.45) is 5.92 Å². The number of hydrogen-bond acceptors (Lipinski definition) is 3. The predicted molar refractivity (Wildman–Crippen MR) is 44.5 cm³/mol. The molecule has 2 fully saturated rings. The SMILES string of the molecule is CS[C@@H]1CC[C@@H]2C[C@H]1OC2=O. The molecule has 0 aromatic rings. The number of carbonyl (C=O) groups excluding carboxylic acids is 1. The largest absolute Gasteiger partial charge is 0.461 e. The van der Waals surface area contributed by atoms with Crippen molar-refractivity contribution < 1.29 is 9.53 Å². The molecule has 1 saturated heterocycles. The van der Waals surface area contributed by atoms with Gasteiger partial charge in [0.25, 0.3) is 0 Å². The minimum Gasteiger partial charge on any atom is -0.461 e. The molecule has 0 unspecified atom stereocenters. The molecule has 2 rings (SSSR count). The van der Waals surface area contributed by atoms with Crippen LogP contribution in [0.4, 0.5) is 0 Å². The standard InChI is InChI=1S/C8H12O2S/c1-11-7-3-2-5-4-6(7)10-8(5)9/h5-7H,2-4H2,1H3/t5-,6-,7-/m1/s1. The van der Waals surface area contributed by atoms with Crippen molar-refractivity contribution in [3.8, 4) is 0 Å². The van der Waals surface area contributed by atoms with Crippen molar-refractivity contribution in [2.75, 3.05) is 6.26 Å². The molecule has 0 radical (unpaired) electrons. The summed E-state index contributed by atoms with van der Waals surface area (Å²) < 4.78 is 5.23. The monoisotopic (exact) mass is 172 g/mol. The van der Waals surface area contributed by atoms with Crippen LogP contribution in [0.5, 0.6) is 0 Å². The van der Waals surface area contributed by atoms with Crippen LogP contribution in [-0.4, -0.2) is 23.6 Å². The maximum Gasteiger partial charge on any atom is 0.309 e. The van der Waals surface area contributed by atoms with Crippen LogP contribution in [0.1, 0.15) is 19.3 Å². The number of fused-ring (bicyclic) bond motifs is 2. The van der Waals surface area contributed by atoms with Crippen LogP contribution in [0.15, 0.2) is 0 Å². The number of carbonyl (C=O) groups is 1. The molecule has 1 saturated carbocycles. The lowest BCUT2D eigenvalue weighted by atomic mass is 9.90. The highest BCUT2D eigenvalue weighted by atomic mass is 32.2. The third-order valence-electron chi connectivity index (χ3n) is 2.63. The van der Waals surface area contributed by atoms with Crippen molar-refractivity contribution in [2.45, 2.75) is 30.6 Å². The van der Waals surface area contributed by atoms with Gasteiger partial charge >= 0.3 is 5.97 Å². The van der Waals surface area contributed by atoms with Crippen LogP contribution in [0.25, 0.3) is 0 Å². The number of hydrogen-bond donors (Lipinski definition) is 0. The fourth-order valence-electron chi connectivity index (χ4n) is 1.95. The van der Waals surface area contributed by atoms with E-state index in [9.17, 15) is 4.79 Å². The lowest BCUT2D eigenvalue weighted by molar-refractivity contribution is -0.143. The van der Waals surface area contributed by atoms with E-state index in [1.165, 1.54) is 0 Å². The van der Waals surface area contributed by atoms with Gasteiger partial charge in [0, 0.05) is 5.25 Å². The molecular weight excluding hydrogens is 160 g/mol. The normalized spacial score (nSPS) is 42.3. The second-order valence-electron chi connectivity index (χ2n) is 3.26. The highest BCUT2D eigenvalue weighted by Crippen LogP contribution is 2.38. The number of ether oxygens (including phenoxy) is 1. The first-order valence-electron chi connectivity index (χ1n) is 4.04. The third-order valence-corrected chi connectivity index (χ3v) is 3.78. The molecule has 0 aromatic carbocycles. The van der Waals surface area contributed by atoms with E-state index in [2.05, 4.69) is 6.26 Å². The Morgan fingerprint density at radius 1 is 1.55 bits per heavy atom. The molecule has 0 amide bonds. The molecule has 0 spiro atoms. The van der Waals surface area contributed by atoms with E-state index in [-0.39, 0.29) is 18.0 Å². The maximum absolute atomic E-state index is 11.1. The second kappa shape index (κ2) is 2.70. The minimum atomic E-state index is 0.0477. The van der Waals surface area contributed by atoms with Crippen molar-refractivity contribution in [3.63, 3.8) is 0 Å². The van der Waals surface area contributed by atoms with Crippen molar-refractivity contribution >= 4 is 17.7 Å². The number of rotatable bonds is 1. The molecule has 1 heterocycles. The Kier molecular flexibility index (Phi) is 1.83. The van der Waals surface area contributed by atoms with Gasteiger partial charge < -0.3 is 4.74 Å². The summed E-state index contributed by atoms with van der Waals surface area (Å²) in [5, 5.41) is 0.567. The van der Waals surface area contributed by atoms with E-state index in [4.69, 9.17) is 4.74 Å². The van der Waals surface area contributed by atoms with Gasteiger partial charge in [0.05, 0.1) is 5.92 Å². The summed E-state index contributed by atoms with van der Waals surface area (Å²) in [6.45, 7) is 0. The maximum atomic E-state index is 11.1. The molecule has 0 N–H and O–H groups in total. The highest BCUT2D eigenvalue weighted by molar-refractivity contribution is 7.99. The first-order valence-corrected chi connectivity index (χ1v) is 5.33. The minimum absolute atomic E-state index is 0.0477. The highest BCUT2D eigenvalue weighted by Gasteiger charge is 2.42. The van der Waals surface area contributed by atoms with E-state index in [0.717, 1.165) is 19.3 Å². The lowest BCUT2D eigenvalue weighted by Gasteiger charge is -2.23. The molecule has 2 bridgehead atoms. The zero-order valence-electron chi connectivity index (χ0n) is 6.58. The zero-order valence-corrected chi connectivity index (χ0v) is 7.39. The summed E-state index contributed by atoms with van der Waals surface area (Å²) in [4.78, 5) is 11.1. The predicted octanol–water partition coefficient (Wildman–Crippen LogP) is 1.44. The molecule has 11 heavy (non-hydrogen) atoms. The molecule has 2 aliphatic rings. The zero-order chi connectivity index (χ0) is 7.84. The van der Waals surface area contributed by atoms with E-state index < -0.39 is 0 Å². The summed E-state index contributed by atoms with van der Waals surface area (Å²) in [6.07, 6.45) is 5.50. The number of thioether (sulfide) groups is 1. The summed E-state index contributed by atoms with van der Waals surface area (Å²) >= 11 is 1.83. The van der Waals surface area contributed by atoms with Crippen LogP contribution in [0.2, 0.25) is 0 Å². The molecular formula is C8H12O2S. The van der Waals surface area contributed by atoms with Crippen LogP contribution < -0.4 is 0 Å². The first-order chi connectivity index (χ1) is 5.31. The van der Waals surface area contributed by atoms with Gasteiger partial charge in [0.15, 0.2) is 0 Å². The van der Waals surface area contributed by atoms with Gasteiger partial charge in [-0.1, -0.05) is 0 Å². The topological polar surface area (TPSA) is 26.3 Å². The van der Waals surface area contributed by atoms with Crippen LogP contribution in [0, 0.1) is 5.92 Å². The van der Waals surface area contributed by atoms with Crippen molar-refractivity contribution in [3.05, 3.63) is 0 Å². The van der Waals surface area contributed by atoms with Crippen LogP contribution >= 0.6 is 11.8 Å². The van der Waals surface area contributed by atoms with E-state index in [0.29, 0.717) is 5.25 Å². The fourth-order valence-corrected chi connectivity index (χ4v) is 2.80. The Hall–Kier alpha value is -0.180. The Morgan fingerprint density at radius 3 is 3.09 bits per heavy atom. The van der Waals surface area contributed by atoms with E-state index >= 15 is 0 Å². The smallest absolute Gasteiger partial charge is 0.309 e. The van der Waals surface area contributed by atoms with E-state index in [1.807, 2.05) is 11.8 Å². The van der Waals surface area contributed by atoms with Gasteiger partial charge in [-0.15, -0.1) is 0 Å². The van der Waals surface area contributed by atoms with Crippen LogP contribution in [-0.2, 0) is 9.53 Å². The van der Waals surface area contributed by atoms with E-state index in [1.54, 1.807) is 0 Å².